The molecule has 0 saturated carbocycles. The number of carbonyl (C=O) groups is 1. The Labute approximate surface area is 118 Å². The molecule has 0 unspecified atom stereocenters. The zero-order chi connectivity index (χ0) is 14.0. The molecule has 2 rings (SSSR count). The van der Waals surface area contributed by atoms with Crippen LogP contribution in [0.3, 0.4) is 0 Å². The molecular formula is C14H12BrNO3. The maximum absolute atomic E-state index is 12.1. The largest absolute Gasteiger partial charge is 0.508 e. The Hall–Kier alpha value is -2.01. The average molecular weight is 322 g/mol. The summed E-state index contributed by atoms with van der Waals surface area (Å²) in [5, 5.41) is 21.7. The molecule has 0 aromatic heterocycles. The first-order chi connectivity index (χ1) is 8.97. The fourth-order valence-corrected chi connectivity index (χ4v) is 2.03. The van der Waals surface area contributed by atoms with Gasteiger partial charge in [0.2, 0.25) is 0 Å². The van der Waals surface area contributed by atoms with E-state index in [1.54, 1.807) is 31.2 Å². The van der Waals surface area contributed by atoms with Crippen LogP contribution in [-0.2, 0) is 0 Å². The van der Waals surface area contributed by atoms with Gasteiger partial charge in [0.25, 0.3) is 5.91 Å². The van der Waals surface area contributed by atoms with Gasteiger partial charge in [0, 0.05) is 10.2 Å². The number of amides is 1. The van der Waals surface area contributed by atoms with Crippen molar-refractivity contribution < 1.29 is 15.0 Å². The highest BCUT2D eigenvalue weighted by Gasteiger charge is 2.12. The molecule has 5 heteroatoms. The smallest absolute Gasteiger partial charge is 0.259 e. The molecule has 3 N–H and O–H groups in total. The van der Waals surface area contributed by atoms with Crippen LogP contribution in [0.4, 0.5) is 5.69 Å². The molecule has 1 amide bonds. The molecule has 0 aliphatic rings. The fourth-order valence-electron chi connectivity index (χ4n) is 1.67. The Kier molecular flexibility index (Phi) is 3.76. The maximum atomic E-state index is 12.1. The minimum absolute atomic E-state index is 0.0860. The lowest BCUT2D eigenvalue weighted by Crippen LogP contribution is -2.12. The van der Waals surface area contributed by atoms with Gasteiger partial charge in [-0.05, 0) is 48.9 Å². The van der Waals surface area contributed by atoms with E-state index in [4.69, 9.17) is 0 Å². The van der Waals surface area contributed by atoms with Crippen LogP contribution in [0.2, 0.25) is 0 Å². The quantitative estimate of drug-likeness (QED) is 0.742. The number of anilines is 1. The molecule has 0 saturated heterocycles. The monoisotopic (exact) mass is 321 g/mol. The third-order valence-electron chi connectivity index (χ3n) is 2.66. The number of rotatable bonds is 2. The van der Waals surface area contributed by atoms with Crippen molar-refractivity contribution >= 4 is 27.5 Å². The number of aryl methyl sites for hydroxylation is 1. The van der Waals surface area contributed by atoms with Crippen molar-refractivity contribution in [2.24, 2.45) is 0 Å². The summed E-state index contributed by atoms with van der Waals surface area (Å²) in [5.41, 5.74) is 1.51. The number of benzene rings is 2. The first-order valence-corrected chi connectivity index (χ1v) is 6.36. The van der Waals surface area contributed by atoms with Crippen LogP contribution in [0, 0.1) is 6.92 Å². The van der Waals surface area contributed by atoms with Gasteiger partial charge in [0.05, 0.1) is 5.56 Å². The van der Waals surface area contributed by atoms with Crippen LogP contribution < -0.4 is 5.32 Å². The van der Waals surface area contributed by atoms with Crippen molar-refractivity contribution in [1.82, 2.24) is 0 Å². The van der Waals surface area contributed by atoms with E-state index in [2.05, 4.69) is 21.2 Å². The number of aromatic hydroxyl groups is 2. The van der Waals surface area contributed by atoms with Gasteiger partial charge in [0.1, 0.15) is 11.5 Å². The third-order valence-corrected chi connectivity index (χ3v) is 3.15. The lowest BCUT2D eigenvalue weighted by Gasteiger charge is -2.10. The number of nitrogens with one attached hydrogen (secondary N) is 1. The third kappa shape index (κ3) is 3.06. The zero-order valence-corrected chi connectivity index (χ0v) is 11.7. The summed E-state index contributed by atoms with van der Waals surface area (Å²) >= 11 is 3.25. The first kappa shape index (κ1) is 13.4. The Morgan fingerprint density at radius 2 is 1.89 bits per heavy atom. The van der Waals surface area contributed by atoms with E-state index in [-0.39, 0.29) is 17.1 Å². The van der Waals surface area contributed by atoms with E-state index in [1.165, 1.54) is 12.1 Å². The lowest BCUT2D eigenvalue weighted by molar-refractivity contribution is 0.102. The molecule has 2 aromatic rings. The van der Waals surface area contributed by atoms with Crippen LogP contribution >= 0.6 is 15.9 Å². The molecule has 0 bridgehead atoms. The second-order valence-electron chi connectivity index (χ2n) is 4.11. The van der Waals surface area contributed by atoms with Gasteiger partial charge in [-0.25, -0.2) is 0 Å². The zero-order valence-electron chi connectivity index (χ0n) is 10.1. The normalized spacial score (nSPS) is 10.2. The van der Waals surface area contributed by atoms with Crippen LogP contribution in [0.1, 0.15) is 15.9 Å². The van der Waals surface area contributed by atoms with E-state index in [1.807, 2.05) is 0 Å². The molecule has 19 heavy (non-hydrogen) atoms. The van der Waals surface area contributed by atoms with Crippen molar-refractivity contribution in [1.29, 1.82) is 0 Å². The molecule has 0 heterocycles. The van der Waals surface area contributed by atoms with Crippen molar-refractivity contribution in [3.63, 3.8) is 0 Å². The van der Waals surface area contributed by atoms with Gasteiger partial charge in [0.15, 0.2) is 0 Å². The number of phenols is 2. The van der Waals surface area contributed by atoms with Crippen molar-refractivity contribution in [2.45, 2.75) is 6.92 Å². The van der Waals surface area contributed by atoms with Gasteiger partial charge in [-0.1, -0.05) is 15.9 Å². The Morgan fingerprint density at radius 1 is 1.16 bits per heavy atom. The fraction of sp³-hybridized carbons (Fsp3) is 0.0714. The molecule has 98 valence electrons. The van der Waals surface area contributed by atoms with Crippen LogP contribution in [0.25, 0.3) is 0 Å². The molecule has 0 spiro atoms. The predicted molar refractivity (Wildman–Crippen MR) is 76.6 cm³/mol. The average Bonchev–Trinajstić information content (AvgIpc) is 2.35. The number of halogens is 1. The summed E-state index contributed by atoms with van der Waals surface area (Å²) in [6.45, 7) is 1.77. The SMILES string of the molecule is Cc1cc(O)ccc1NC(=O)c1cc(Br)ccc1O. The van der Waals surface area contributed by atoms with Crippen molar-refractivity contribution in [3.8, 4) is 11.5 Å². The number of hydrogen-bond donors (Lipinski definition) is 3. The summed E-state index contributed by atoms with van der Waals surface area (Å²) in [5.74, 6) is -0.356. The topological polar surface area (TPSA) is 69.6 Å². The molecule has 0 atom stereocenters. The second kappa shape index (κ2) is 5.32. The molecule has 0 aliphatic heterocycles. The number of hydrogen-bond acceptors (Lipinski definition) is 3. The Morgan fingerprint density at radius 3 is 2.58 bits per heavy atom. The number of phenolic OH excluding ortho intramolecular Hbond substituents is 2. The molecular weight excluding hydrogens is 310 g/mol. The maximum Gasteiger partial charge on any atom is 0.259 e. The summed E-state index contributed by atoms with van der Waals surface area (Å²) in [7, 11) is 0. The van der Waals surface area contributed by atoms with Gasteiger partial charge in [-0.3, -0.25) is 4.79 Å². The summed E-state index contributed by atoms with van der Waals surface area (Å²) < 4.78 is 0.706. The van der Waals surface area contributed by atoms with E-state index in [0.717, 1.165) is 5.56 Å². The minimum atomic E-state index is -0.410. The molecule has 0 fully saturated rings. The van der Waals surface area contributed by atoms with Gasteiger partial charge in [-0.15, -0.1) is 0 Å². The molecule has 0 aliphatic carbocycles. The summed E-state index contributed by atoms with van der Waals surface area (Å²) in [6.07, 6.45) is 0. The van der Waals surface area contributed by atoms with Crippen LogP contribution in [0.15, 0.2) is 40.9 Å². The minimum Gasteiger partial charge on any atom is -0.508 e. The lowest BCUT2D eigenvalue weighted by atomic mass is 10.1. The van der Waals surface area contributed by atoms with E-state index in [0.29, 0.717) is 10.2 Å². The van der Waals surface area contributed by atoms with E-state index < -0.39 is 5.91 Å². The van der Waals surface area contributed by atoms with E-state index >= 15 is 0 Å². The Bertz CT molecular complexity index is 641. The van der Waals surface area contributed by atoms with Crippen LogP contribution in [-0.4, -0.2) is 16.1 Å². The van der Waals surface area contributed by atoms with E-state index in [9.17, 15) is 15.0 Å². The second-order valence-corrected chi connectivity index (χ2v) is 5.03. The van der Waals surface area contributed by atoms with Crippen molar-refractivity contribution in [2.75, 3.05) is 5.32 Å². The number of carbonyl (C=O) groups excluding carboxylic acids is 1. The highest BCUT2D eigenvalue weighted by Crippen LogP contribution is 2.25. The molecule has 2 aromatic carbocycles. The molecule has 4 nitrogen and oxygen atoms in total. The van der Waals surface area contributed by atoms with Gasteiger partial charge in [-0.2, -0.15) is 0 Å². The Balaban J connectivity index is 2.28. The summed E-state index contributed by atoms with van der Waals surface area (Å²) in [6, 6.07) is 9.29. The highest BCUT2D eigenvalue weighted by atomic mass is 79.9. The van der Waals surface area contributed by atoms with Crippen LogP contribution in [0.5, 0.6) is 11.5 Å². The standard InChI is InChI=1S/C14H12BrNO3/c1-8-6-10(17)3-4-12(8)16-14(19)11-7-9(15)2-5-13(11)18/h2-7,17-18H,1H3,(H,16,19). The van der Waals surface area contributed by atoms with Gasteiger partial charge < -0.3 is 15.5 Å². The predicted octanol–water partition coefficient (Wildman–Crippen LogP) is 3.42. The first-order valence-electron chi connectivity index (χ1n) is 5.57. The van der Waals surface area contributed by atoms with Gasteiger partial charge >= 0.3 is 0 Å². The van der Waals surface area contributed by atoms with Crippen molar-refractivity contribution in [3.05, 3.63) is 52.0 Å². The highest BCUT2D eigenvalue weighted by molar-refractivity contribution is 9.10. The summed E-state index contributed by atoms with van der Waals surface area (Å²) in [4.78, 5) is 12.1. The molecule has 0 radical (unpaired) electrons.